The molecule has 0 bridgehead atoms. The Morgan fingerprint density at radius 3 is 1.05 bits per heavy atom. The molecule has 844 valence electrons. The van der Waals surface area contributed by atoms with Gasteiger partial charge in [-0.2, -0.15) is 12.6 Å². The number of carboxylic acids is 2. The highest BCUT2D eigenvalue weighted by molar-refractivity contribution is 8.00. The molecule has 35 heteroatoms. The smallest absolute Gasteiger partial charge is 0.326 e. The number of thioether (sulfide) groups is 2. The number of carbonyl (C=O) groups excluding carboxylic acids is 14. The van der Waals surface area contributed by atoms with E-state index in [-0.39, 0.29) is 193 Å². The van der Waals surface area contributed by atoms with Crippen LogP contribution in [0, 0.1) is 59.2 Å². The molecule has 0 spiro atoms. The standard InChI is InChI=1S/2C55H89N5O11S.C4H10S/c2*1-14-16-29-72-45-33-47(63)59(54(45)67)28-22-18-21-25-46(62)57(10)49(35(5)6)43(61)31-40(34(3)4)53(66)58(11)50(36(7)15-2)44(70-12)32-48(64)60-37(8)26-27-42(60)51(71-13)38(9)52(65)56-41(55(68)69)30-39-23-19-17-20-24-39;1-2-3-4-5/h2*17,19-20,23-24,34-38,40-42,44-45,49-51H,14-16,18,21-22,25-33H2,1-13H3,(H,56,65)(H,68,69);5H,2-4H2,1H3/t2*36-,37-,38+,40-,41-,42-,44+,45?,49-,50-,51+;/m00./s1. The van der Waals surface area contributed by atoms with Crippen molar-refractivity contribution in [1.82, 2.24) is 49.8 Å². The highest BCUT2D eigenvalue weighted by Gasteiger charge is 2.50. The van der Waals surface area contributed by atoms with E-state index in [4.69, 9.17) is 18.9 Å². The lowest BCUT2D eigenvalue weighted by Gasteiger charge is -2.41. The number of methoxy groups -OCH3 is 4. The molecule has 0 saturated carbocycles. The van der Waals surface area contributed by atoms with E-state index >= 15 is 0 Å². The van der Waals surface area contributed by atoms with Gasteiger partial charge >= 0.3 is 11.9 Å². The Morgan fingerprint density at radius 2 is 0.772 bits per heavy atom. The molecule has 6 rings (SSSR count). The Kier molecular flexibility index (Phi) is 60.7. The van der Waals surface area contributed by atoms with E-state index in [0.717, 1.165) is 54.1 Å². The first kappa shape index (κ1) is 133. The summed E-state index contributed by atoms with van der Waals surface area (Å²) < 4.78 is 24.1. The first-order chi connectivity index (χ1) is 70.5. The topological polar surface area (TPSA) is 400 Å². The molecule has 4 N–H and O–H groups in total. The molecule has 12 amide bonds. The van der Waals surface area contributed by atoms with Gasteiger partial charge in [0.1, 0.15) is 12.1 Å². The van der Waals surface area contributed by atoms with E-state index in [1.165, 1.54) is 60.9 Å². The number of amides is 12. The number of carboxylic acid groups (broad SMARTS) is 2. The van der Waals surface area contributed by atoms with Crippen molar-refractivity contribution in [2.45, 2.75) is 407 Å². The molecule has 2 aromatic carbocycles. The van der Waals surface area contributed by atoms with Gasteiger partial charge in [-0.1, -0.05) is 223 Å². The van der Waals surface area contributed by atoms with Crippen molar-refractivity contribution in [2.75, 3.05) is 87.0 Å². The van der Waals surface area contributed by atoms with Gasteiger partial charge in [-0.25, -0.2) is 9.59 Å². The zero-order valence-electron chi connectivity index (χ0n) is 95.0. The molecule has 4 aliphatic rings. The summed E-state index contributed by atoms with van der Waals surface area (Å²) in [4.78, 5) is 230. The van der Waals surface area contributed by atoms with E-state index in [1.807, 2.05) is 133 Å². The maximum atomic E-state index is 14.8. The summed E-state index contributed by atoms with van der Waals surface area (Å²) in [7, 11) is 12.7. The van der Waals surface area contributed by atoms with Gasteiger partial charge in [-0.3, -0.25) is 76.9 Å². The van der Waals surface area contributed by atoms with Gasteiger partial charge in [0.25, 0.3) is 0 Å². The molecule has 0 aliphatic carbocycles. The van der Waals surface area contributed by atoms with Crippen molar-refractivity contribution in [3.8, 4) is 0 Å². The number of likely N-dealkylation sites (tertiary alicyclic amines) is 4. The summed E-state index contributed by atoms with van der Waals surface area (Å²) in [6, 6.07) is 11.8. The summed E-state index contributed by atoms with van der Waals surface area (Å²) in [5.41, 5.74) is 1.53. The molecule has 4 fully saturated rings. The number of benzene rings is 2. The van der Waals surface area contributed by atoms with Gasteiger partial charge in [-0.15, -0.1) is 23.5 Å². The van der Waals surface area contributed by atoms with Crippen LogP contribution in [-0.4, -0.2) is 326 Å². The van der Waals surface area contributed by atoms with Crippen LogP contribution in [0.3, 0.4) is 0 Å². The number of ketones is 2. The number of nitrogens with zero attached hydrogens (tertiary/aromatic N) is 8. The van der Waals surface area contributed by atoms with Crippen molar-refractivity contribution in [1.29, 1.82) is 0 Å². The minimum Gasteiger partial charge on any atom is -0.480 e. The van der Waals surface area contributed by atoms with Crippen LogP contribution in [0.2, 0.25) is 0 Å². The predicted molar refractivity (Wildman–Crippen MR) is 590 cm³/mol. The Morgan fingerprint density at radius 1 is 0.436 bits per heavy atom. The van der Waals surface area contributed by atoms with Gasteiger partial charge in [0.2, 0.25) is 70.9 Å². The lowest BCUT2D eigenvalue weighted by Crippen LogP contribution is -2.55. The molecule has 149 heavy (non-hydrogen) atoms. The average molecular weight is 2150 g/mol. The SMILES string of the molecule is CCCCS.CCCCSC1CC(=O)N(CCCCCC(=O)N(C)[C@H](C(=O)C[C@H](C(=O)N(C)[C@@H]([C@@H](C)CC)[C@@H](CC(=O)N2[C@@H](C)CC[C@H]2[C@H](OC)[C@@H](C)C(=O)N[C@@H](Cc2ccccc2)C(=O)O)OC)C(C)C)C(C)C)C1=O.CCCCSC1CC(=O)N(CCCCCC(=O)N(C)[C@H](C(=O)C[C@H](C(=O)N(C)[C@@H]([C@@H](C)CC)[C@@H](CC(=O)N2[C@@H](C)CC[C@H]2[C@H](OC)[C@@H](C)C(=O)N[C@@H](Cc2ccccc2)C(=O)O)OC)C(C)C)C(C)C)C1=O. The molecule has 4 aliphatic heterocycles. The van der Waals surface area contributed by atoms with Gasteiger partial charge in [0.05, 0.1) is 95.8 Å². The fourth-order valence-electron chi connectivity index (χ4n) is 21.5. The number of rotatable bonds is 66. The van der Waals surface area contributed by atoms with E-state index in [1.54, 1.807) is 109 Å². The van der Waals surface area contributed by atoms with Crippen molar-refractivity contribution in [3.05, 3.63) is 71.8 Å². The van der Waals surface area contributed by atoms with Crippen LogP contribution in [0.15, 0.2) is 60.7 Å². The monoisotopic (exact) mass is 2150 g/mol. The van der Waals surface area contributed by atoms with Crippen LogP contribution in [0.25, 0.3) is 0 Å². The Balaban J connectivity index is 0.000000593. The number of hydrogen-bond donors (Lipinski definition) is 5. The summed E-state index contributed by atoms with van der Waals surface area (Å²) in [5, 5.41) is 24.8. The summed E-state index contributed by atoms with van der Waals surface area (Å²) >= 11 is 7.11. The van der Waals surface area contributed by atoms with Crippen LogP contribution in [0.5, 0.6) is 0 Å². The zero-order valence-corrected chi connectivity index (χ0v) is 97.5. The molecule has 4 heterocycles. The highest BCUT2D eigenvalue weighted by atomic mass is 32.2. The minimum absolute atomic E-state index is 0.0694. The van der Waals surface area contributed by atoms with Gasteiger partial charge in [-0.05, 0) is 148 Å². The number of nitrogens with one attached hydrogen (secondary N) is 2. The maximum Gasteiger partial charge on any atom is 0.326 e. The first-order valence-corrected chi connectivity index (χ1v) is 57.8. The average Bonchev–Trinajstić information content (AvgIpc) is 1.68. The van der Waals surface area contributed by atoms with E-state index in [0.29, 0.717) is 90.1 Å². The van der Waals surface area contributed by atoms with Crippen molar-refractivity contribution in [2.24, 2.45) is 59.2 Å². The van der Waals surface area contributed by atoms with Crippen molar-refractivity contribution >= 4 is 131 Å². The highest BCUT2D eigenvalue weighted by Crippen LogP contribution is 2.39. The fourth-order valence-corrected chi connectivity index (χ4v) is 24.3. The number of hydrogen-bond acceptors (Lipinski definition) is 23. The fraction of sp³-hybridized carbons (Fsp3) is 0.754. The molecular formula is C114H188N10O22S3. The molecular weight excluding hydrogens is 1960 g/mol. The molecule has 0 aromatic heterocycles. The van der Waals surface area contributed by atoms with Crippen molar-refractivity contribution in [3.63, 3.8) is 0 Å². The van der Waals surface area contributed by atoms with E-state index < -0.39 is 120 Å². The number of thiol groups is 1. The summed E-state index contributed by atoms with van der Waals surface area (Å²) in [6.07, 6.45) is 11.7. The van der Waals surface area contributed by atoms with Crippen molar-refractivity contribution < 1.29 is 106 Å². The number of likely N-dealkylation sites (N-methyl/N-ethyl adjacent to an activating group) is 4. The summed E-state index contributed by atoms with van der Waals surface area (Å²) in [5.74, 6) is -7.05. The minimum atomic E-state index is -1.16. The summed E-state index contributed by atoms with van der Waals surface area (Å²) in [6.45, 7) is 37.5. The van der Waals surface area contributed by atoms with Crippen LogP contribution >= 0.6 is 36.2 Å². The normalized spacial score (nSPS) is 20.1. The number of carbonyl (C=O) groups is 16. The number of unbranched alkanes of at least 4 members (excludes halogenated alkanes) is 7. The molecule has 0 radical (unpaired) electrons. The van der Waals surface area contributed by atoms with Crippen LogP contribution in [-0.2, 0) is 109 Å². The predicted octanol–water partition coefficient (Wildman–Crippen LogP) is 15.8. The third-order valence-corrected chi connectivity index (χ3v) is 33.7. The van der Waals surface area contributed by atoms with Gasteiger partial charge in [0.15, 0.2) is 11.6 Å². The molecule has 4 saturated heterocycles. The first-order valence-electron chi connectivity index (χ1n) is 55.0. The number of imide groups is 2. The zero-order chi connectivity index (χ0) is 112. The number of aliphatic carboxylic acids is 2. The lowest BCUT2D eigenvalue weighted by molar-refractivity contribution is -0.151. The quantitative estimate of drug-likeness (QED) is 0.0233. The largest absolute Gasteiger partial charge is 0.480 e. The maximum absolute atomic E-state index is 14.8. The number of Topliss-reactive ketones (excluding diaryl/α,β-unsaturated/α-hetero) is 2. The van der Waals surface area contributed by atoms with E-state index in [2.05, 4.69) is 44.0 Å². The van der Waals surface area contributed by atoms with Crippen LogP contribution in [0.4, 0.5) is 0 Å². The van der Waals surface area contributed by atoms with Crippen LogP contribution < -0.4 is 10.6 Å². The Bertz CT molecular complexity index is 4240. The van der Waals surface area contributed by atoms with Crippen LogP contribution in [0.1, 0.15) is 310 Å². The lowest BCUT2D eigenvalue weighted by atomic mass is 9.83. The molecule has 32 nitrogen and oxygen atoms in total. The second-order valence-corrected chi connectivity index (χ2v) is 46.2. The second kappa shape index (κ2) is 68.0. The molecule has 2 unspecified atom stereocenters. The second-order valence-electron chi connectivity index (χ2n) is 43.1. The van der Waals surface area contributed by atoms with E-state index in [9.17, 15) is 86.9 Å². The third-order valence-electron chi connectivity index (χ3n) is 30.8. The molecule has 22 atom stereocenters. The Labute approximate surface area is 905 Å². The number of ether oxygens (including phenoxy) is 4. The third kappa shape index (κ3) is 39.9. The Hall–Kier alpha value is -8.35. The van der Waals surface area contributed by atoms with Gasteiger partial charge < -0.3 is 69.2 Å². The van der Waals surface area contributed by atoms with Gasteiger partial charge in [0, 0.05) is 145 Å². The molecule has 2 aromatic rings.